The highest BCUT2D eigenvalue weighted by molar-refractivity contribution is 5.50. The lowest BCUT2D eigenvalue weighted by Gasteiger charge is -2.35. The van der Waals surface area contributed by atoms with E-state index in [9.17, 15) is 5.11 Å². The zero-order valence-electron chi connectivity index (χ0n) is 12.9. The third-order valence-corrected chi connectivity index (χ3v) is 5.39. The van der Waals surface area contributed by atoms with Crippen LogP contribution in [0.3, 0.4) is 0 Å². The fraction of sp³-hybridized carbons (Fsp3) is 0.647. The highest BCUT2D eigenvalue weighted by Crippen LogP contribution is 2.37. The van der Waals surface area contributed by atoms with Gasteiger partial charge in [0.2, 0.25) is 0 Å². The van der Waals surface area contributed by atoms with Gasteiger partial charge in [-0.15, -0.1) is 0 Å². The molecule has 0 radical (unpaired) electrons. The molecule has 1 aliphatic rings. The highest BCUT2D eigenvalue weighted by Gasteiger charge is 2.32. The number of nitrogens with two attached hydrogens (primary N) is 1. The smallest absolute Gasteiger partial charge is 0.0761 e. The Kier molecular flexibility index (Phi) is 4.03. The molecule has 2 atom stereocenters. The maximum atomic E-state index is 10.5. The molecule has 0 saturated heterocycles. The standard InChI is InChI=1S/C17H27NO/c1-9-10(2)12(4)15(13(5)11(9)3)16(18)17(19)14-7-6-8-14/h14,16-17,19H,6-8,18H2,1-5H3/t16-,17+/m1/s1. The Morgan fingerprint density at radius 1 is 0.895 bits per heavy atom. The molecule has 19 heavy (non-hydrogen) atoms. The van der Waals surface area contributed by atoms with Crippen LogP contribution in [-0.2, 0) is 0 Å². The van der Waals surface area contributed by atoms with Crippen molar-refractivity contribution in [3.63, 3.8) is 0 Å². The Morgan fingerprint density at radius 2 is 1.32 bits per heavy atom. The third kappa shape index (κ3) is 2.32. The summed E-state index contributed by atoms with van der Waals surface area (Å²) in [6.45, 7) is 10.8. The van der Waals surface area contributed by atoms with Crippen molar-refractivity contribution in [3.8, 4) is 0 Å². The van der Waals surface area contributed by atoms with E-state index in [0.29, 0.717) is 5.92 Å². The van der Waals surface area contributed by atoms with Crippen LogP contribution in [0.4, 0.5) is 0 Å². The summed E-state index contributed by atoms with van der Waals surface area (Å²) in [5, 5.41) is 10.5. The van der Waals surface area contributed by atoms with Gasteiger partial charge in [-0.2, -0.15) is 0 Å². The van der Waals surface area contributed by atoms with Gasteiger partial charge < -0.3 is 10.8 Å². The third-order valence-electron chi connectivity index (χ3n) is 5.39. The zero-order valence-corrected chi connectivity index (χ0v) is 12.9. The largest absolute Gasteiger partial charge is 0.391 e. The Bertz CT molecular complexity index is 460. The number of aliphatic hydroxyl groups is 1. The summed E-state index contributed by atoms with van der Waals surface area (Å²) >= 11 is 0. The SMILES string of the molecule is Cc1c(C)c(C)c([C@@H](N)[C@@H](O)C2CCC2)c(C)c1C. The second kappa shape index (κ2) is 5.26. The number of benzene rings is 1. The number of hydrogen-bond acceptors (Lipinski definition) is 2. The Labute approximate surface area is 117 Å². The first-order chi connectivity index (χ1) is 8.86. The van der Waals surface area contributed by atoms with Crippen molar-refractivity contribution in [1.82, 2.24) is 0 Å². The predicted octanol–water partition coefficient (Wildman–Crippen LogP) is 3.39. The molecular formula is C17H27NO. The van der Waals surface area contributed by atoms with E-state index < -0.39 is 6.10 Å². The minimum atomic E-state index is -0.396. The maximum absolute atomic E-state index is 10.5. The normalized spacial score (nSPS) is 19.1. The lowest BCUT2D eigenvalue weighted by molar-refractivity contribution is 0.0410. The van der Waals surface area contributed by atoms with Crippen LogP contribution in [0.2, 0.25) is 0 Å². The molecule has 1 saturated carbocycles. The molecule has 0 spiro atoms. The lowest BCUT2D eigenvalue weighted by Crippen LogP contribution is -2.37. The average molecular weight is 261 g/mol. The van der Waals surface area contributed by atoms with Crippen molar-refractivity contribution in [3.05, 3.63) is 33.4 Å². The van der Waals surface area contributed by atoms with Crippen LogP contribution in [0.25, 0.3) is 0 Å². The molecule has 1 fully saturated rings. The summed E-state index contributed by atoms with van der Waals surface area (Å²) in [5.74, 6) is 0.399. The van der Waals surface area contributed by atoms with Gasteiger partial charge >= 0.3 is 0 Å². The van der Waals surface area contributed by atoms with Crippen LogP contribution in [0, 0.1) is 40.5 Å². The molecule has 2 rings (SSSR count). The minimum Gasteiger partial charge on any atom is -0.391 e. The highest BCUT2D eigenvalue weighted by atomic mass is 16.3. The van der Waals surface area contributed by atoms with Crippen molar-refractivity contribution in [1.29, 1.82) is 0 Å². The van der Waals surface area contributed by atoms with Gasteiger partial charge in [0.15, 0.2) is 0 Å². The molecule has 0 amide bonds. The van der Waals surface area contributed by atoms with Crippen molar-refractivity contribution in [2.75, 3.05) is 0 Å². The molecule has 2 heteroatoms. The molecule has 0 aromatic heterocycles. The molecule has 1 aromatic carbocycles. The predicted molar refractivity (Wildman–Crippen MR) is 80.4 cm³/mol. The Hall–Kier alpha value is -0.860. The first-order valence-corrected chi connectivity index (χ1v) is 7.36. The van der Waals surface area contributed by atoms with E-state index in [1.807, 2.05) is 0 Å². The quantitative estimate of drug-likeness (QED) is 0.876. The molecular weight excluding hydrogens is 234 g/mol. The summed E-state index contributed by atoms with van der Waals surface area (Å²) in [6, 6.07) is -0.247. The van der Waals surface area contributed by atoms with E-state index in [4.69, 9.17) is 5.73 Å². The molecule has 1 aromatic rings. The summed E-state index contributed by atoms with van der Waals surface area (Å²) in [7, 11) is 0. The molecule has 2 nitrogen and oxygen atoms in total. The van der Waals surface area contributed by atoms with Crippen LogP contribution < -0.4 is 5.73 Å². The molecule has 0 aliphatic heterocycles. The molecule has 0 heterocycles. The van der Waals surface area contributed by atoms with E-state index in [-0.39, 0.29) is 6.04 Å². The van der Waals surface area contributed by atoms with Gasteiger partial charge in [-0.3, -0.25) is 0 Å². The fourth-order valence-electron chi connectivity index (χ4n) is 3.27. The molecule has 1 aliphatic carbocycles. The lowest BCUT2D eigenvalue weighted by atomic mass is 9.75. The van der Waals surface area contributed by atoms with Gasteiger partial charge in [-0.05, 0) is 86.8 Å². The number of aliphatic hydroxyl groups excluding tert-OH is 1. The van der Waals surface area contributed by atoms with Crippen molar-refractivity contribution in [2.24, 2.45) is 11.7 Å². The van der Waals surface area contributed by atoms with Crippen molar-refractivity contribution in [2.45, 2.75) is 66.0 Å². The zero-order chi connectivity index (χ0) is 14.3. The minimum absolute atomic E-state index is 0.247. The van der Waals surface area contributed by atoms with E-state index in [2.05, 4.69) is 34.6 Å². The van der Waals surface area contributed by atoms with Gasteiger partial charge in [0.25, 0.3) is 0 Å². The number of hydrogen-bond donors (Lipinski definition) is 2. The number of rotatable bonds is 3. The molecule has 0 bridgehead atoms. The molecule has 3 N–H and O–H groups in total. The molecule has 0 unspecified atom stereocenters. The van der Waals surface area contributed by atoms with Gasteiger partial charge in [-0.25, -0.2) is 0 Å². The van der Waals surface area contributed by atoms with Crippen molar-refractivity contribution >= 4 is 0 Å². The summed E-state index contributed by atoms with van der Waals surface area (Å²) in [5.41, 5.74) is 14.0. The summed E-state index contributed by atoms with van der Waals surface area (Å²) < 4.78 is 0. The van der Waals surface area contributed by atoms with E-state index in [1.54, 1.807) is 0 Å². The topological polar surface area (TPSA) is 46.2 Å². The van der Waals surface area contributed by atoms with Crippen molar-refractivity contribution < 1.29 is 5.11 Å². The van der Waals surface area contributed by atoms with E-state index >= 15 is 0 Å². The molecule has 106 valence electrons. The van der Waals surface area contributed by atoms with Crippen LogP contribution in [-0.4, -0.2) is 11.2 Å². The van der Waals surface area contributed by atoms with Crippen LogP contribution >= 0.6 is 0 Å². The fourth-order valence-corrected chi connectivity index (χ4v) is 3.27. The van der Waals surface area contributed by atoms with Gasteiger partial charge in [0, 0.05) is 0 Å². The van der Waals surface area contributed by atoms with Crippen LogP contribution in [0.5, 0.6) is 0 Å². The summed E-state index contributed by atoms with van der Waals surface area (Å²) in [6.07, 6.45) is 3.08. The van der Waals surface area contributed by atoms with E-state index in [0.717, 1.165) is 12.8 Å². The van der Waals surface area contributed by atoms with Gasteiger partial charge in [-0.1, -0.05) is 6.42 Å². The Morgan fingerprint density at radius 3 is 1.68 bits per heavy atom. The summed E-state index contributed by atoms with van der Waals surface area (Å²) in [4.78, 5) is 0. The van der Waals surface area contributed by atoms with Gasteiger partial charge in [0.05, 0.1) is 12.1 Å². The first-order valence-electron chi connectivity index (χ1n) is 7.36. The second-order valence-electron chi connectivity index (χ2n) is 6.25. The monoisotopic (exact) mass is 261 g/mol. The van der Waals surface area contributed by atoms with Crippen LogP contribution in [0.15, 0.2) is 0 Å². The average Bonchev–Trinajstić information content (AvgIpc) is 2.32. The second-order valence-corrected chi connectivity index (χ2v) is 6.25. The maximum Gasteiger partial charge on any atom is 0.0761 e. The van der Waals surface area contributed by atoms with Crippen LogP contribution in [0.1, 0.15) is 58.7 Å². The van der Waals surface area contributed by atoms with E-state index in [1.165, 1.54) is 39.8 Å². The Balaban J connectivity index is 2.43. The first kappa shape index (κ1) is 14.5. The van der Waals surface area contributed by atoms with Gasteiger partial charge in [0.1, 0.15) is 0 Å².